The number of hydrogen-bond acceptors (Lipinski definition) is 5. The number of pyridine rings is 1. The fourth-order valence-electron chi connectivity index (χ4n) is 1.84. The lowest BCUT2D eigenvalue weighted by Gasteiger charge is -2.10. The summed E-state index contributed by atoms with van der Waals surface area (Å²) >= 11 is 7.72. The maximum atomic E-state index is 12.5. The Hall–Kier alpha value is -1.74. The predicted molar refractivity (Wildman–Crippen MR) is 89.1 cm³/mol. The first-order valence-electron chi connectivity index (χ1n) is 6.89. The van der Waals surface area contributed by atoms with Crippen LogP contribution >= 0.6 is 23.4 Å². The largest absolute Gasteiger partial charge is 0.417 e. The van der Waals surface area contributed by atoms with E-state index in [0.29, 0.717) is 18.4 Å². The number of nitrogens with zero attached hydrogens (tertiary/aromatic N) is 3. The van der Waals surface area contributed by atoms with Gasteiger partial charge in [0.1, 0.15) is 5.02 Å². The fourth-order valence-corrected chi connectivity index (χ4v) is 2.47. The molecule has 2 heterocycles. The summed E-state index contributed by atoms with van der Waals surface area (Å²) in [5.74, 6) is 0.925. The van der Waals surface area contributed by atoms with Crippen molar-refractivity contribution in [2.24, 2.45) is 0 Å². The predicted octanol–water partition coefficient (Wildman–Crippen LogP) is 3.46. The van der Waals surface area contributed by atoms with Crippen molar-refractivity contribution in [3.8, 4) is 5.82 Å². The lowest BCUT2D eigenvalue weighted by atomic mass is 10.3. The molecule has 24 heavy (non-hydrogen) atoms. The van der Waals surface area contributed by atoms with Gasteiger partial charge in [-0.15, -0.1) is 0 Å². The van der Waals surface area contributed by atoms with E-state index in [4.69, 9.17) is 11.6 Å². The third-order valence-electron chi connectivity index (χ3n) is 3.05. The summed E-state index contributed by atoms with van der Waals surface area (Å²) in [4.78, 5) is 15.9. The van der Waals surface area contributed by atoms with Crippen LogP contribution in [-0.2, 0) is 6.18 Å². The first kappa shape index (κ1) is 18.6. The van der Waals surface area contributed by atoms with Crippen molar-refractivity contribution in [2.75, 3.05) is 23.9 Å². The minimum Gasteiger partial charge on any atom is -0.382 e. The molecule has 0 amide bonds. The van der Waals surface area contributed by atoms with Gasteiger partial charge in [0.25, 0.3) is 5.56 Å². The smallest absolute Gasteiger partial charge is 0.382 e. The van der Waals surface area contributed by atoms with Gasteiger partial charge in [0.15, 0.2) is 5.82 Å². The molecule has 0 spiro atoms. The van der Waals surface area contributed by atoms with E-state index < -0.39 is 17.3 Å². The van der Waals surface area contributed by atoms with Crippen LogP contribution in [0.2, 0.25) is 5.02 Å². The molecule has 0 radical (unpaired) electrons. The first-order chi connectivity index (χ1) is 11.3. The second kappa shape index (κ2) is 7.89. The highest BCUT2D eigenvalue weighted by Crippen LogP contribution is 2.28. The van der Waals surface area contributed by atoms with Crippen molar-refractivity contribution in [3.63, 3.8) is 0 Å². The number of rotatable bonds is 6. The summed E-state index contributed by atoms with van der Waals surface area (Å²) < 4.78 is 38.5. The molecular formula is C14H14ClF3N4OS. The van der Waals surface area contributed by atoms with Crippen molar-refractivity contribution < 1.29 is 13.2 Å². The molecular weight excluding hydrogens is 365 g/mol. The Balaban J connectivity index is 2.23. The van der Waals surface area contributed by atoms with Gasteiger partial charge in [0.2, 0.25) is 0 Å². The lowest BCUT2D eigenvalue weighted by Crippen LogP contribution is -2.24. The standard InChI is InChI=1S/C14H14ClF3N4OS/c1-24-6-2-5-19-10-8-21-22(13(23)12(10)15)11-4-3-9(7-20-11)14(16,17)18/h3-4,7-8,19H,2,5-6H2,1H3. The summed E-state index contributed by atoms with van der Waals surface area (Å²) in [6.45, 7) is 0.629. The van der Waals surface area contributed by atoms with Crippen molar-refractivity contribution in [1.82, 2.24) is 14.8 Å². The van der Waals surface area contributed by atoms with Gasteiger partial charge < -0.3 is 5.32 Å². The molecule has 0 fully saturated rings. The monoisotopic (exact) mass is 378 g/mol. The first-order valence-corrected chi connectivity index (χ1v) is 8.66. The van der Waals surface area contributed by atoms with Crippen LogP contribution in [0.3, 0.4) is 0 Å². The molecule has 0 aromatic carbocycles. The summed E-state index contributed by atoms with van der Waals surface area (Å²) in [5.41, 5.74) is -1.18. The molecule has 2 aromatic rings. The maximum Gasteiger partial charge on any atom is 0.417 e. The molecule has 0 saturated heterocycles. The zero-order chi connectivity index (χ0) is 17.7. The fraction of sp³-hybridized carbons (Fsp3) is 0.357. The van der Waals surface area contributed by atoms with Gasteiger partial charge in [-0.25, -0.2) is 4.98 Å². The highest BCUT2D eigenvalue weighted by Gasteiger charge is 2.30. The minimum atomic E-state index is -4.49. The van der Waals surface area contributed by atoms with Crippen LogP contribution < -0.4 is 10.9 Å². The summed E-state index contributed by atoms with van der Waals surface area (Å²) in [5, 5.41) is 6.83. The lowest BCUT2D eigenvalue weighted by molar-refractivity contribution is -0.137. The van der Waals surface area contributed by atoms with E-state index in [2.05, 4.69) is 15.4 Å². The van der Waals surface area contributed by atoms with Gasteiger partial charge in [-0.2, -0.15) is 34.7 Å². The topological polar surface area (TPSA) is 59.8 Å². The van der Waals surface area contributed by atoms with Crippen LogP contribution in [0, 0.1) is 0 Å². The van der Waals surface area contributed by atoms with E-state index >= 15 is 0 Å². The molecule has 1 N–H and O–H groups in total. The Kier molecular flexibility index (Phi) is 6.11. The van der Waals surface area contributed by atoms with Crippen LogP contribution in [0.1, 0.15) is 12.0 Å². The van der Waals surface area contributed by atoms with Crippen LogP contribution in [0.25, 0.3) is 5.82 Å². The van der Waals surface area contributed by atoms with Gasteiger partial charge in [-0.1, -0.05) is 11.6 Å². The second-order valence-corrected chi connectivity index (χ2v) is 6.13. The molecule has 2 aromatic heterocycles. The van der Waals surface area contributed by atoms with Crippen LogP contribution in [0.4, 0.5) is 18.9 Å². The molecule has 0 atom stereocenters. The van der Waals surface area contributed by atoms with E-state index in [-0.39, 0.29) is 10.8 Å². The number of hydrogen-bond donors (Lipinski definition) is 1. The van der Waals surface area contributed by atoms with Gasteiger partial charge in [-0.3, -0.25) is 4.79 Å². The average Bonchev–Trinajstić information content (AvgIpc) is 2.55. The molecule has 5 nitrogen and oxygen atoms in total. The van der Waals surface area contributed by atoms with Crippen LogP contribution in [0.15, 0.2) is 29.3 Å². The molecule has 0 aliphatic rings. The van der Waals surface area contributed by atoms with E-state index in [1.54, 1.807) is 11.8 Å². The Labute approximate surface area is 145 Å². The molecule has 0 bridgehead atoms. The molecule has 2 rings (SSSR count). The van der Waals surface area contributed by atoms with Gasteiger partial charge >= 0.3 is 6.18 Å². The number of anilines is 1. The van der Waals surface area contributed by atoms with E-state index in [1.165, 1.54) is 6.20 Å². The molecule has 130 valence electrons. The second-order valence-electron chi connectivity index (χ2n) is 4.77. The van der Waals surface area contributed by atoms with Crippen molar-refractivity contribution in [2.45, 2.75) is 12.6 Å². The molecule has 0 unspecified atom stereocenters. The number of halogens is 4. The normalized spacial score (nSPS) is 11.5. The Morgan fingerprint density at radius 2 is 2.08 bits per heavy atom. The van der Waals surface area contributed by atoms with Gasteiger partial charge in [0, 0.05) is 12.7 Å². The van der Waals surface area contributed by atoms with E-state index in [0.717, 1.165) is 29.0 Å². The maximum absolute atomic E-state index is 12.5. The van der Waals surface area contributed by atoms with E-state index in [1.807, 2.05) is 6.26 Å². The Bertz CT molecular complexity index is 749. The van der Waals surface area contributed by atoms with Crippen LogP contribution in [-0.4, -0.2) is 33.3 Å². The van der Waals surface area contributed by atoms with Gasteiger partial charge in [0.05, 0.1) is 17.4 Å². The Morgan fingerprint density at radius 1 is 1.33 bits per heavy atom. The van der Waals surface area contributed by atoms with Crippen molar-refractivity contribution in [3.05, 3.63) is 45.5 Å². The average molecular weight is 379 g/mol. The zero-order valence-electron chi connectivity index (χ0n) is 12.6. The van der Waals surface area contributed by atoms with Gasteiger partial charge in [-0.05, 0) is 30.6 Å². The highest BCUT2D eigenvalue weighted by molar-refractivity contribution is 7.98. The summed E-state index contributed by atoms with van der Waals surface area (Å²) in [6, 6.07) is 1.90. The van der Waals surface area contributed by atoms with Crippen molar-refractivity contribution in [1.29, 1.82) is 0 Å². The van der Waals surface area contributed by atoms with E-state index in [9.17, 15) is 18.0 Å². The third kappa shape index (κ3) is 4.41. The molecule has 10 heteroatoms. The number of alkyl halides is 3. The number of aromatic nitrogens is 3. The molecule has 0 saturated carbocycles. The SMILES string of the molecule is CSCCCNc1cnn(-c2ccc(C(F)(F)F)cn2)c(=O)c1Cl. The van der Waals surface area contributed by atoms with Crippen molar-refractivity contribution >= 4 is 29.1 Å². The summed E-state index contributed by atoms with van der Waals surface area (Å²) in [7, 11) is 0. The number of thioether (sulfide) groups is 1. The quantitative estimate of drug-likeness (QED) is 0.780. The third-order valence-corrected chi connectivity index (χ3v) is 4.11. The molecule has 0 aliphatic carbocycles. The number of nitrogens with one attached hydrogen (secondary N) is 1. The minimum absolute atomic E-state index is 0.0381. The highest BCUT2D eigenvalue weighted by atomic mass is 35.5. The van der Waals surface area contributed by atoms with Crippen LogP contribution in [0.5, 0.6) is 0 Å². The zero-order valence-corrected chi connectivity index (χ0v) is 14.2. The summed E-state index contributed by atoms with van der Waals surface area (Å²) in [6.07, 6.45) is 0.383. The Morgan fingerprint density at radius 3 is 2.67 bits per heavy atom. The molecule has 0 aliphatic heterocycles.